The summed E-state index contributed by atoms with van der Waals surface area (Å²) in [7, 11) is 1.74. The van der Waals surface area contributed by atoms with E-state index in [0.29, 0.717) is 25.9 Å². The summed E-state index contributed by atoms with van der Waals surface area (Å²) in [6, 6.07) is 2.90. The number of aliphatic carboxylic acids is 1. The Balaban J connectivity index is 2.04. The molecule has 1 aliphatic heterocycles. The van der Waals surface area contributed by atoms with Crippen molar-refractivity contribution in [2.45, 2.75) is 25.3 Å². The third kappa shape index (κ3) is 4.48. The average Bonchev–Trinajstić information content (AvgIpc) is 2.74. The van der Waals surface area contributed by atoms with Gasteiger partial charge in [0, 0.05) is 19.1 Å². The number of carboxylic acids is 1. The van der Waals surface area contributed by atoms with Crippen molar-refractivity contribution >= 4 is 11.9 Å². The Morgan fingerprint density at radius 3 is 2.74 bits per heavy atom. The van der Waals surface area contributed by atoms with Gasteiger partial charge in [0.05, 0.1) is 12.1 Å². The van der Waals surface area contributed by atoms with Crippen molar-refractivity contribution < 1.29 is 23.5 Å². The molecule has 1 amide bonds. The van der Waals surface area contributed by atoms with Crippen molar-refractivity contribution in [1.29, 1.82) is 0 Å². The molecule has 1 atom stereocenters. The van der Waals surface area contributed by atoms with Crippen LogP contribution >= 0.6 is 0 Å². The van der Waals surface area contributed by atoms with E-state index >= 15 is 0 Å². The van der Waals surface area contributed by atoms with E-state index in [1.54, 1.807) is 11.9 Å². The van der Waals surface area contributed by atoms with E-state index in [-0.39, 0.29) is 18.2 Å². The monoisotopic (exact) mass is 326 g/mol. The van der Waals surface area contributed by atoms with E-state index in [9.17, 15) is 18.4 Å². The van der Waals surface area contributed by atoms with Gasteiger partial charge in [0.1, 0.15) is 11.6 Å². The second-order valence-corrected chi connectivity index (χ2v) is 5.81. The molecule has 0 aliphatic carbocycles. The van der Waals surface area contributed by atoms with Crippen LogP contribution in [-0.2, 0) is 4.79 Å². The van der Waals surface area contributed by atoms with Crippen molar-refractivity contribution in [1.82, 2.24) is 9.80 Å². The SMILES string of the molecule is CN(CC(=O)O)C1CCCN(C(=O)c2cc(F)ccc2F)CC1. The highest BCUT2D eigenvalue weighted by Gasteiger charge is 2.26. The van der Waals surface area contributed by atoms with E-state index in [4.69, 9.17) is 5.11 Å². The number of hydrogen-bond donors (Lipinski definition) is 1. The molecule has 1 aromatic rings. The molecule has 5 nitrogen and oxygen atoms in total. The van der Waals surface area contributed by atoms with Gasteiger partial charge in [-0.2, -0.15) is 0 Å². The first kappa shape index (κ1) is 17.3. The summed E-state index contributed by atoms with van der Waals surface area (Å²) in [5.41, 5.74) is -0.262. The van der Waals surface area contributed by atoms with E-state index < -0.39 is 23.5 Å². The maximum Gasteiger partial charge on any atom is 0.317 e. The van der Waals surface area contributed by atoms with Gasteiger partial charge in [0.25, 0.3) is 5.91 Å². The van der Waals surface area contributed by atoms with Gasteiger partial charge < -0.3 is 10.0 Å². The number of nitrogens with zero attached hydrogens (tertiary/aromatic N) is 2. The summed E-state index contributed by atoms with van der Waals surface area (Å²) in [5, 5.41) is 8.85. The summed E-state index contributed by atoms with van der Waals surface area (Å²) >= 11 is 0. The fourth-order valence-electron chi connectivity index (χ4n) is 2.90. The molecule has 1 aromatic carbocycles. The summed E-state index contributed by atoms with van der Waals surface area (Å²) in [6.07, 6.45) is 2.06. The molecular formula is C16H20F2N2O3. The van der Waals surface area contributed by atoms with Crippen LogP contribution in [0.4, 0.5) is 8.78 Å². The number of halogens is 2. The minimum absolute atomic E-state index is 0.0567. The summed E-state index contributed by atoms with van der Waals surface area (Å²) < 4.78 is 27.0. The van der Waals surface area contributed by atoms with Gasteiger partial charge >= 0.3 is 5.97 Å². The molecule has 1 heterocycles. The van der Waals surface area contributed by atoms with E-state index in [1.807, 2.05) is 0 Å². The van der Waals surface area contributed by atoms with Gasteiger partial charge in [0.2, 0.25) is 0 Å². The van der Waals surface area contributed by atoms with Crippen LogP contribution in [-0.4, -0.2) is 59.5 Å². The Bertz CT molecular complexity index is 595. The number of carbonyl (C=O) groups is 2. The predicted molar refractivity (Wildman–Crippen MR) is 80.2 cm³/mol. The molecule has 1 N–H and O–H groups in total. The maximum absolute atomic E-state index is 13.7. The topological polar surface area (TPSA) is 60.9 Å². The van der Waals surface area contributed by atoms with Gasteiger partial charge in [-0.1, -0.05) is 0 Å². The van der Waals surface area contributed by atoms with Crippen molar-refractivity contribution in [3.05, 3.63) is 35.4 Å². The first-order chi connectivity index (χ1) is 10.9. The number of likely N-dealkylation sites (N-methyl/N-ethyl adjacent to an activating group) is 1. The molecular weight excluding hydrogens is 306 g/mol. The van der Waals surface area contributed by atoms with Crippen molar-refractivity contribution in [3.8, 4) is 0 Å². The second kappa shape index (κ2) is 7.50. The van der Waals surface area contributed by atoms with Crippen molar-refractivity contribution in [2.24, 2.45) is 0 Å². The number of likely N-dealkylation sites (tertiary alicyclic amines) is 1. The third-order valence-corrected chi connectivity index (χ3v) is 4.15. The normalized spacial score (nSPS) is 18.8. The fourth-order valence-corrected chi connectivity index (χ4v) is 2.90. The quantitative estimate of drug-likeness (QED) is 0.919. The molecule has 0 aromatic heterocycles. The van der Waals surface area contributed by atoms with Gasteiger partial charge in [-0.25, -0.2) is 8.78 Å². The Labute approximate surface area is 133 Å². The lowest BCUT2D eigenvalue weighted by molar-refractivity contribution is -0.138. The highest BCUT2D eigenvalue weighted by Crippen LogP contribution is 2.19. The number of hydrogen-bond acceptors (Lipinski definition) is 3. The minimum atomic E-state index is -0.897. The molecule has 0 saturated carbocycles. The van der Waals surface area contributed by atoms with E-state index in [1.165, 1.54) is 4.90 Å². The largest absolute Gasteiger partial charge is 0.480 e. The summed E-state index contributed by atoms with van der Waals surface area (Å²) in [6.45, 7) is 0.784. The molecule has 23 heavy (non-hydrogen) atoms. The number of carbonyl (C=O) groups excluding carboxylic acids is 1. The van der Waals surface area contributed by atoms with Crippen molar-refractivity contribution in [2.75, 3.05) is 26.7 Å². The first-order valence-electron chi connectivity index (χ1n) is 7.55. The molecule has 0 bridgehead atoms. The van der Waals surface area contributed by atoms with Gasteiger partial charge in [-0.15, -0.1) is 0 Å². The van der Waals surface area contributed by atoms with Gasteiger partial charge in [0.15, 0.2) is 0 Å². The van der Waals surface area contributed by atoms with Crippen LogP contribution in [0.2, 0.25) is 0 Å². The Morgan fingerprint density at radius 2 is 2.04 bits per heavy atom. The lowest BCUT2D eigenvalue weighted by atomic mass is 10.1. The molecule has 1 aliphatic rings. The lowest BCUT2D eigenvalue weighted by Gasteiger charge is -2.25. The van der Waals surface area contributed by atoms with Gasteiger partial charge in [-0.3, -0.25) is 14.5 Å². The highest BCUT2D eigenvalue weighted by atomic mass is 19.1. The number of benzene rings is 1. The zero-order valence-electron chi connectivity index (χ0n) is 13.0. The fraction of sp³-hybridized carbons (Fsp3) is 0.500. The second-order valence-electron chi connectivity index (χ2n) is 5.81. The van der Waals surface area contributed by atoms with Gasteiger partial charge in [-0.05, 0) is 44.5 Å². The molecule has 7 heteroatoms. The summed E-state index contributed by atoms with van der Waals surface area (Å²) in [5.74, 6) is -2.81. The Kier molecular flexibility index (Phi) is 5.65. The van der Waals surface area contributed by atoms with Crippen molar-refractivity contribution in [3.63, 3.8) is 0 Å². The van der Waals surface area contributed by atoms with Crippen LogP contribution in [0.5, 0.6) is 0 Å². The predicted octanol–water partition coefficient (Wildman–Crippen LogP) is 1.98. The smallest absolute Gasteiger partial charge is 0.317 e. The first-order valence-corrected chi connectivity index (χ1v) is 7.55. The zero-order chi connectivity index (χ0) is 17.0. The minimum Gasteiger partial charge on any atom is -0.480 e. The molecule has 1 saturated heterocycles. The number of carboxylic acid groups (broad SMARTS) is 1. The molecule has 126 valence electrons. The zero-order valence-corrected chi connectivity index (χ0v) is 13.0. The maximum atomic E-state index is 13.7. The van der Waals surface area contributed by atoms with E-state index in [0.717, 1.165) is 24.6 Å². The molecule has 0 radical (unpaired) electrons. The Hall–Kier alpha value is -2.02. The average molecular weight is 326 g/mol. The summed E-state index contributed by atoms with van der Waals surface area (Å²) in [4.78, 5) is 26.4. The van der Waals surface area contributed by atoms with Crippen LogP contribution in [0, 0.1) is 11.6 Å². The lowest BCUT2D eigenvalue weighted by Crippen LogP contribution is -2.37. The molecule has 1 fully saturated rings. The van der Waals surface area contributed by atoms with Crippen LogP contribution < -0.4 is 0 Å². The standard InChI is InChI=1S/C16H20F2N2O3/c1-19(10-15(21)22)12-3-2-7-20(8-6-12)16(23)13-9-11(17)4-5-14(13)18/h4-5,9,12H,2-3,6-8,10H2,1H3,(H,21,22). The molecule has 2 rings (SSSR count). The molecule has 1 unspecified atom stereocenters. The Morgan fingerprint density at radius 1 is 1.30 bits per heavy atom. The van der Waals surface area contributed by atoms with Crippen LogP contribution in [0.25, 0.3) is 0 Å². The number of amides is 1. The van der Waals surface area contributed by atoms with E-state index in [2.05, 4.69) is 0 Å². The van der Waals surface area contributed by atoms with Crippen LogP contribution in [0.3, 0.4) is 0 Å². The number of rotatable bonds is 4. The highest BCUT2D eigenvalue weighted by molar-refractivity contribution is 5.94. The third-order valence-electron chi connectivity index (χ3n) is 4.15. The molecule has 0 spiro atoms. The van der Waals surface area contributed by atoms with Crippen LogP contribution in [0.15, 0.2) is 18.2 Å². The van der Waals surface area contributed by atoms with Crippen LogP contribution in [0.1, 0.15) is 29.6 Å².